The van der Waals surface area contributed by atoms with Crippen LogP contribution >= 0.6 is 0 Å². The van der Waals surface area contributed by atoms with Crippen LogP contribution in [0.3, 0.4) is 0 Å². The van der Waals surface area contributed by atoms with E-state index in [9.17, 15) is 0 Å². The van der Waals surface area contributed by atoms with Gasteiger partial charge in [0.1, 0.15) is 0 Å². The molecule has 1 heterocycles. The highest BCUT2D eigenvalue weighted by molar-refractivity contribution is 5.04. The van der Waals surface area contributed by atoms with Crippen molar-refractivity contribution in [1.29, 1.82) is 0 Å². The molecule has 3 heteroatoms. The first kappa shape index (κ1) is 10.7. The lowest BCUT2D eigenvalue weighted by molar-refractivity contribution is 0.462. The lowest BCUT2D eigenvalue weighted by atomic mass is 10.1. The molecule has 1 atom stereocenters. The van der Waals surface area contributed by atoms with Crippen molar-refractivity contribution in [2.45, 2.75) is 38.6 Å². The number of imidazole rings is 1. The fourth-order valence-electron chi connectivity index (χ4n) is 2.11. The second-order valence-corrected chi connectivity index (χ2v) is 4.56. The number of nitrogens with one attached hydrogen (secondary N) is 1. The highest BCUT2D eigenvalue weighted by Crippen LogP contribution is 2.35. The molecule has 0 radical (unpaired) electrons. The summed E-state index contributed by atoms with van der Waals surface area (Å²) in [6.07, 6.45) is 9.38. The van der Waals surface area contributed by atoms with Gasteiger partial charge in [-0.05, 0) is 25.3 Å². The standard InChI is InChI=1S/C12H21N3/c1-3-14-11(7-6-10-4-5-10)12-8-13-9-15(12)2/h8-11,14H,3-7H2,1-2H3. The van der Waals surface area contributed by atoms with Crippen LogP contribution < -0.4 is 5.32 Å². The van der Waals surface area contributed by atoms with Crippen LogP contribution in [0.1, 0.15) is 44.3 Å². The third-order valence-electron chi connectivity index (χ3n) is 3.22. The molecule has 0 spiro atoms. The van der Waals surface area contributed by atoms with Crippen LogP contribution in [0.15, 0.2) is 12.5 Å². The van der Waals surface area contributed by atoms with Crippen LogP contribution in [0, 0.1) is 5.92 Å². The van der Waals surface area contributed by atoms with Gasteiger partial charge in [-0.1, -0.05) is 19.8 Å². The summed E-state index contributed by atoms with van der Waals surface area (Å²) in [5.41, 5.74) is 1.32. The summed E-state index contributed by atoms with van der Waals surface area (Å²) in [5.74, 6) is 1.01. The number of rotatable bonds is 6. The van der Waals surface area contributed by atoms with Gasteiger partial charge < -0.3 is 9.88 Å². The minimum absolute atomic E-state index is 0.489. The van der Waals surface area contributed by atoms with Gasteiger partial charge in [0.05, 0.1) is 12.0 Å². The van der Waals surface area contributed by atoms with Crippen molar-refractivity contribution >= 4 is 0 Å². The van der Waals surface area contributed by atoms with E-state index < -0.39 is 0 Å². The van der Waals surface area contributed by atoms with Gasteiger partial charge in [0, 0.05) is 19.3 Å². The second kappa shape index (κ2) is 4.79. The monoisotopic (exact) mass is 207 g/mol. The van der Waals surface area contributed by atoms with E-state index in [0.717, 1.165) is 12.5 Å². The number of aromatic nitrogens is 2. The van der Waals surface area contributed by atoms with Gasteiger partial charge in [-0.2, -0.15) is 0 Å². The molecule has 1 saturated carbocycles. The molecular formula is C12H21N3. The first-order chi connectivity index (χ1) is 7.31. The summed E-state index contributed by atoms with van der Waals surface area (Å²) in [4.78, 5) is 4.19. The Hall–Kier alpha value is -0.830. The Kier molecular flexibility index (Phi) is 3.41. The van der Waals surface area contributed by atoms with Crippen molar-refractivity contribution in [2.75, 3.05) is 6.54 Å². The third kappa shape index (κ3) is 2.81. The number of aryl methyl sites for hydroxylation is 1. The first-order valence-corrected chi connectivity index (χ1v) is 6.01. The summed E-state index contributed by atoms with van der Waals surface area (Å²) in [7, 11) is 2.07. The van der Waals surface area contributed by atoms with Crippen LogP contribution in [0.25, 0.3) is 0 Å². The van der Waals surface area contributed by atoms with Crippen molar-refractivity contribution in [2.24, 2.45) is 13.0 Å². The average molecular weight is 207 g/mol. The third-order valence-corrected chi connectivity index (χ3v) is 3.22. The van der Waals surface area contributed by atoms with Crippen LogP contribution in [0.2, 0.25) is 0 Å². The molecule has 15 heavy (non-hydrogen) atoms. The zero-order valence-corrected chi connectivity index (χ0v) is 9.74. The molecule has 1 aliphatic rings. The van der Waals surface area contributed by atoms with E-state index in [1.54, 1.807) is 0 Å². The largest absolute Gasteiger partial charge is 0.336 e. The molecule has 0 aromatic carbocycles. The maximum Gasteiger partial charge on any atom is 0.0946 e. The van der Waals surface area contributed by atoms with Crippen molar-refractivity contribution in [3.05, 3.63) is 18.2 Å². The van der Waals surface area contributed by atoms with E-state index in [2.05, 4.69) is 28.8 Å². The second-order valence-electron chi connectivity index (χ2n) is 4.56. The number of nitrogens with zero attached hydrogens (tertiary/aromatic N) is 2. The zero-order chi connectivity index (χ0) is 10.7. The summed E-state index contributed by atoms with van der Waals surface area (Å²) >= 11 is 0. The van der Waals surface area contributed by atoms with Gasteiger partial charge in [0.15, 0.2) is 0 Å². The topological polar surface area (TPSA) is 29.9 Å². The fraction of sp³-hybridized carbons (Fsp3) is 0.750. The van der Waals surface area contributed by atoms with E-state index in [0.29, 0.717) is 6.04 Å². The lowest BCUT2D eigenvalue weighted by Crippen LogP contribution is -2.23. The molecule has 0 amide bonds. The Labute approximate surface area is 91.9 Å². The average Bonchev–Trinajstić information content (AvgIpc) is 2.96. The summed E-state index contributed by atoms with van der Waals surface area (Å²) in [6, 6.07) is 0.489. The Morgan fingerprint density at radius 2 is 2.40 bits per heavy atom. The maximum atomic E-state index is 4.19. The maximum absolute atomic E-state index is 4.19. The molecule has 1 aliphatic carbocycles. The van der Waals surface area contributed by atoms with Crippen molar-refractivity contribution < 1.29 is 0 Å². The quantitative estimate of drug-likeness (QED) is 0.775. The number of hydrogen-bond donors (Lipinski definition) is 1. The van der Waals surface area contributed by atoms with Crippen molar-refractivity contribution in [3.63, 3.8) is 0 Å². The van der Waals surface area contributed by atoms with Crippen molar-refractivity contribution in [1.82, 2.24) is 14.9 Å². The van der Waals surface area contributed by atoms with Gasteiger partial charge >= 0.3 is 0 Å². The molecule has 1 unspecified atom stereocenters. The van der Waals surface area contributed by atoms with E-state index in [1.807, 2.05) is 12.5 Å². The van der Waals surface area contributed by atoms with E-state index in [-0.39, 0.29) is 0 Å². The van der Waals surface area contributed by atoms with E-state index in [1.165, 1.54) is 31.4 Å². The normalized spacial score (nSPS) is 18.0. The molecule has 84 valence electrons. The van der Waals surface area contributed by atoms with Gasteiger partial charge in [-0.3, -0.25) is 0 Å². The van der Waals surface area contributed by atoms with Crippen LogP contribution in [-0.2, 0) is 7.05 Å². The highest BCUT2D eigenvalue weighted by Gasteiger charge is 2.23. The van der Waals surface area contributed by atoms with Crippen molar-refractivity contribution in [3.8, 4) is 0 Å². The van der Waals surface area contributed by atoms with Gasteiger partial charge in [-0.15, -0.1) is 0 Å². The molecule has 1 fully saturated rings. The first-order valence-electron chi connectivity index (χ1n) is 6.01. The number of hydrogen-bond acceptors (Lipinski definition) is 2. The molecule has 0 bridgehead atoms. The molecule has 0 aliphatic heterocycles. The van der Waals surface area contributed by atoms with Gasteiger partial charge in [0.25, 0.3) is 0 Å². The van der Waals surface area contributed by atoms with E-state index >= 15 is 0 Å². The minimum atomic E-state index is 0.489. The van der Waals surface area contributed by atoms with Crippen LogP contribution in [0.5, 0.6) is 0 Å². The van der Waals surface area contributed by atoms with Crippen LogP contribution in [-0.4, -0.2) is 16.1 Å². The Balaban J connectivity index is 1.94. The molecule has 2 rings (SSSR count). The minimum Gasteiger partial charge on any atom is -0.336 e. The molecular weight excluding hydrogens is 186 g/mol. The molecule has 0 saturated heterocycles. The smallest absolute Gasteiger partial charge is 0.0946 e. The predicted octanol–water partition coefficient (Wildman–Crippen LogP) is 2.26. The lowest BCUT2D eigenvalue weighted by Gasteiger charge is -2.18. The predicted molar refractivity (Wildman–Crippen MR) is 61.6 cm³/mol. The summed E-state index contributed by atoms with van der Waals surface area (Å²) < 4.78 is 2.13. The van der Waals surface area contributed by atoms with Crippen LogP contribution in [0.4, 0.5) is 0 Å². The van der Waals surface area contributed by atoms with E-state index in [4.69, 9.17) is 0 Å². The molecule has 3 nitrogen and oxygen atoms in total. The molecule has 1 aromatic heterocycles. The fourth-order valence-corrected chi connectivity index (χ4v) is 2.11. The van der Waals surface area contributed by atoms with Gasteiger partial charge in [0.2, 0.25) is 0 Å². The Morgan fingerprint density at radius 1 is 1.60 bits per heavy atom. The Morgan fingerprint density at radius 3 is 2.93 bits per heavy atom. The zero-order valence-electron chi connectivity index (χ0n) is 9.74. The Bertz CT molecular complexity index is 302. The highest BCUT2D eigenvalue weighted by atomic mass is 15.1. The summed E-state index contributed by atoms with van der Waals surface area (Å²) in [6.45, 7) is 3.20. The van der Waals surface area contributed by atoms with Gasteiger partial charge in [-0.25, -0.2) is 4.98 Å². The SMILES string of the molecule is CCNC(CCC1CC1)c1cncn1C. The molecule has 1 N–H and O–H groups in total. The molecule has 1 aromatic rings. The summed E-state index contributed by atoms with van der Waals surface area (Å²) in [5, 5.41) is 3.55.